The van der Waals surface area contributed by atoms with Crippen molar-refractivity contribution in [1.29, 1.82) is 0 Å². The van der Waals surface area contributed by atoms with Crippen LogP contribution in [0.25, 0.3) is 0 Å². The molecule has 0 bridgehead atoms. The van der Waals surface area contributed by atoms with E-state index in [1.165, 1.54) is 4.90 Å². The first-order valence-corrected chi connectivity index (χ1v) is 8.48. The molecule has 0 aromatic heterocycles. The summed E-state index contributed by atoms with van der Waals surface area (Å²) in [5.41, 5.74) is 1.03. The number of aliphatic hydroxyl groups excluding tert-OH is 1. The Labute approximate surface area is 146 Å². The zero-order valence-electron chi connectivity index (χ0n) is 14.2. The van der Waals surface area contributed by atoms with E-state index in [0.717, 1.165) is 0 Å². The molecule has 25 heavy (non-hydrogen) atoms. The third-order valence-corrected chi connectivity index (χ3v) is 4.75. The van der Waals surface area contributed by atoms with Crippen LogP contribution in [0.1, 0.15) is 36.0 Å². The van der Waals surface area contributed by atoms with Crippen molar-refractivity contribution in [1.82, 2.24) is 4.90 Å². The number of carbonyl (C=O) groups excluding carboxylic acids is 3. The summed E-state index contributed by atoms with van der Waals surface area (Å²) in [6.07, 6.45) is 1.12. The van der Waals surface area contributed by atoms with Gasteiger partial charge in [0.15, 0.2) is 12.4 Å². The van der Waals surface area contributed by atoms with Crippen LogP contribution in [0.5, 0.6) is 5.75 Å². The molecule has 0 atom stereocenters. The molecule has 1 N–H and O–H groups in total. The van der Waals surface area contributed by atoms with Crippen LogP contribution in [0.4, 0.5) is 5.69 Å². The number of Topliss-reactive ketones (excluding diaryl/α,β-unsaturated/α-hetero) is 1. The molecule has 0 spiro atoms. The molecule has 2 aliphatic heterocycles. The van der Waals surface area contributed by atoms with Crippen molar-refractivity contribution >= 4 is 23.3 Å². The second kappa shape index (κ2) is 7.23. The Morgan fingerprint density at radius 2 is 1.96 bits per heavy atom. The number of hydrogen-bond acceptors (Lipinski definition) is 5. The molecule has 2 amide bonds. The highest BCUT2D eigenvalue weighted by atomic mass is 16.5. The number of piperidine rings is 1. The lowest BCUT2D eigenvalue weighted by Crippen LogP contribution is -2.40. The molecule has 1 aromatic carbocycles. The SMILES string of the molecule is CN1C(=O)COc2ccc(C(=O)CCC(=O)N3CCC(O)CC3)cc21. The van der Waals surface area contributed by atoms with Crippen LogP contribution in [-0.2, 0) is 9.59 Å². The highest BCUT2D eigenvalue weighted by molar-refractivity contribution is 6.02. The number of likely N-dealkylation sites (N-methyl/N-ethyl adjacent to an activating group) is 1. The fraction of sp³-hybridized carbons (Fsp3) is 0.500. The Morgan fingerprint density at radius 1 is 1.24 bits per heavy atom. The number of benzene rings is 1. The lowest BCUT2D eigenvalue weighted by atomic mass is 10.0. The lowest BCUT2D eigenvalue weighted by molar-refractivity contribution is -0.133. The maximum atomic E-state index is 12.4. The minimum Gasteiger partial charge on any atom is -0.482 e. The summed E-state index contributed by atoms with van der Waals surface area (Å²) in [4.78, 5) is 39.5. The van der Waals surface area contributed by atoms with Gasteiger partial charge in [0.25, 0.3) is 5.91 Å². The van der Waals surface area contributed by atoms with Crippen molar-refractivity contribution in [3.05, 3.63) is 23.8 Å². The first kappa shape index (κ1) is 17.4. The van der Waals surface area contributed by atoms with Gasteiger partial charge in [0, 0.05) is 38.5 Å². The third-order valence-electron chi connectivity index (χ3n) is 4.75. The molecule has 2 aliphatic rings. The van der Waals surface area contributed by atoms with Crippen LogP contribution in [0.15, 0.2) is 18.2 Å². The predicted molar refractivity (Wildman–Crippen MR) is 90.7 cm³/mol. The Morgan fingerprint density at radius 3 is 2.68 bits per heavy atom. The van der Waals surface area contributed by atoms with E-state index in [-0.39, 0.29) is 43.2 Å². The van der Waals surface area contributed by atoms with Crippen LogP contribution in [0, 0.1) is 0 Å². The van der Waals surface area contributed by atoms with Crippen molar-refractivity contribution in [2.45, 2.75) is 31.8 Å². The van der Waals surface area contributed by atoms with Crippen LogP contribution in [0.3, 0.4) is 0 Å². The summed E-state index contributed by atoms with van der Waals surface area (Å²) in [5.74, 6) is 0.203. The second-order valence-corrected chi connectivity index (χ2v) is 6.46. The largest absolute Gasteiger partial charge is 0.482 e. The number of nitrogens with zero attached hydrogens (tertiary/aromatic N) is 2. The summed E-state index contributed by atoms with van der Waals surface area (Å²) in [6, 6.07) is 4.97. The number of aliphatic hydroxyl groups is 1. The maximum Gasteiger partial charge on any atom is 0.264 e. The quantitative estimate of drug-likeness (QED) is 0.822. The van der Waals surface area contributed by atoms with Gasteiger partial charge in [-0.15, -0.1) is 0 Å². The van der Waals surface area contributed by atoms with Crippen LogP contribution >= 0.6 is 0 Å². The van der Waals surface area contributed by atoms with E-state index in [1.54, 1.807) is 30.1 Å². The highest BCUT2D eigenvalue weighted by Crippen LogP contribution is 2.32. The van der Waals surface area contributed by atoms with Gasteiger partial charge >= 0.3 is 0 Å². The highest BCUT2D eigenvalue weighted by Gasteiger charge is 2.24. The smallest absolute Gasteiger partial charge is 0.264 e. The summed E-state index contributed by atoms with van der Waals surface area (Å²) in [5, 5.41) is 9.48. The zero-order chi connectivity index (χ0) is 18.0. The minimum atomic E-state index is -0.330. The van der Waals surface area contributed by atoms with E-state index in [0.29, 0.717) is 42.9 Å². The Hall–Kier alpha value is -2.41. The Kier molecular flexibility index (Phi) is 5.03. The van der Waals surface area contributed by atoms with Gasteiger partial charge < -0.3 is 19.6 Å². The number of rotatable bonds is 4. The standard InChI is InChI=1S/C18H22N2O5/c1-19-14-10-12(2-4-16(14)25-11-18(19)24)15(22)3-5-17(23)20-8-6-13(21)7-9-20/h2,4,10,13,21H,3,5-9,11H2,1H3. The lowest BCUT2D eigenvalue weighted by Gasteiger charge is -2.29. The molecule has 1 aromatic rings. The van der Waals surface area contributed by atoms with Crippen molar-refractivity contribution in [3.8, 4) is 5.75 Å². The molecule has 7 heteroatoms. The molecule has 1 fully saturated rings. The van der Waals surface area contributed by atoms with Crippen molar-refractivity contribution in [2.75, 3.05) is 31.6 Å². The fourth-order valence-corrected chi connectivity index (χ4v) is 3.08. The van der Waals surface area contributed by atoms with E-state index in [4.69, 9.17) is 4.74 Å². The molecule has 1 saturated heterocycles. The van der Waals surface area contributed by atoms with Gasteiger partial charge in [-0.2, -0.15) is 0 Å². The molecule has 0 unspecified atom stereocenters. The number of carbonyl (C=O) groups is 3. The zero-order valence-corrected chi connectivity index (χ0v) is 14.2. The average molecular weight is 346 g/mol. The third kappa shape index (κ3) is 3.82. The second-order valence-electron chi connectivity index (χ2n) is 6.46. The number of amides is 2. The van der Waals surface area contributed by atoms with E-state index >= 15 is 0 Å². The summed E-state index contributed by atoms with van der Waals surface area (Å²) in [7, 11) is 1.65. The molecule has 7 nitrogen and oxygen atoms in total. The molecule has 2 heterocycles. The van der Waals surface area contributed by atoms with E-state index in [9.17, 15) is 19.5 Å². The van der Waals surface area contributed by atoms with E-state index in [2.05, 4.69) is 0 Å². The molecule has 3 rings (SSSR count). The fourth-order valence-electron chi connectivity index (χ4n) is 3.08. The normalized spacial score (nSPS) is 17.9. The van der Waals surface area contributed by atoms with Gasteiger partial charge in [0.1, 0.15) is 5.75 Å². The van der Waals surface area contributed by atoms with E-state index < -0.39 is 0 Å². The van der Waals surface area contributed by atoms with Gasteiger partial charge in [-0.05, 0) is 31.0 Å². The van der Waals surface area contributed by atoms with Crippen LogP contribution in [0.2, 0.25) is 0 Å². The Bertz CT molecular complexity index is 695. The molecule has 0 radical (unpaired) electrons. The molecular weight excluding hydrogens is 324 g/mol. The van der Waals surface area contributed by atoms with Crippen molar-refractivity contribution in [2.24, 2.45) is 0 Å². The van der Waals surface area contributed by atoms with E-state index in [1.807, 2.05) is 0 Å². The van der Waals surface area contributed by atoms with Gasteiger partial charge in [-0.25, -0.2) is 0 Å². The van der Waals surface area contributed by atoms with Crippen LogP contribution < -0.4 is 9.64 Å². The Balaban J connectivity index is 1.60. The van der Waals surface area contributed by atoms with Crippen LogP contribution in [-0.4, -0.2) is 60.5 Å². The number of ether oxygens (including phenoxy) is 1. The molecule has 0 saturated carbocycles. The average Bonchev–Trinajstić information content (AvgIpc) is 2.63. The first-order chi connectivity index (χ1) is 12.0. The number of fused-ring (bicyclic) bond motifs is 1. The number of ketones is 1. The predicted octanol–water partition coefficient (Wildman–Crippen LogP) is 0.988. The number of hydrogen-bond donors (Lipinski definition) is 1. The van der Waals surface area contributed by atoms with Crippen molar-refractivity contribution in [3.63, 3.8) is 0 Å². The molecule has 0 aliphatic carbocycles. The van der Waals surface area contributed by atoms with Gasteiger partial charge in [-0.3, -0.25) is 14.4 Å². The molecule has 134 valence electrons. The number of anilines is 1. The van der Waals surface area contributed by atoms with Gasteiger partial charge in [-0.1, -0.05) is 0 Å². The summed E-state index contributed by atoms with van der Waals surface area (Å²) < 4.78 is 5.34. The number of likely N-dealkylation sites (tertiary alicyclic amines) is 1. The van der Waals surface area contributed by atoms with Crippen molar-refractivity contribution < 1.29 is 24.2 Å². The monoisotopic (exact) mass is 346 g/mol. The first-order valence-electron chi connectivity index (χ1n) is 8.48. The molecular formula is C18H22N2O5. The maximum absolute atomic E-state index is 12.4. The summed E-state index contributed by atoms with van der Waals surface area (Å²) >= 11 is 0. The van der Waals surface area contributed by atoms with Gasteiger partial charge in [0.2, 0.25) is 5.91 Å². The van der Waals surface area contributed by atoms with Gasteiger partial charge in [0.05, 0.1) is 11.8 Å². The topological polar surface area (TPSA) is 87.2 Å². The minimum absolute atomic E-state index is 0.00414. The summed E-state index contributed by atoms with van der Waals surface area (Å²) in [6.45, 7) is 1.07.